The third-order valence-corrected chi connectivity index (χ3v) is 1.42. The summed E-state index contributed by atoms with van der Waals surface area (Å²) < 4.78 is 5.20. The Hall–Kier alpha value is -1.65. The van der Waals surface area contributed by atoms with Gasteiger partial charge in [-0.05, 0) is 0 Å². The second-order valence-electron chi connectivity index (χ2n) is 2.21. The topological polar surface area (TPSA) is 79.9 Å². The van der Waals surface area contributed by atoms with Crippen LogP contribution >= 0.6 is 0 Å². The van der Waals surface area contributed by atoms with Crippen molar-refractivity contribution < 1.29 is 4.42 Å². The van der Waals surface area contributed by atoms with Gasteiger partial charge in [-0.2, -0.15) is 4.98 Å². The highest BCUT2D eigenvalue weighted by molar-refractivity contribution is 5.75. The fraction of sp³-hybridized carbons (Fsp3) is 0.167. The van der Waals surface area contributed by atoms with E-state index in [2.05, 4.69) is 15.3 Å². The third kappa shape index (κ3) is 0.813. The summed E-state index contributed by atoms with van der Waals surface area (Å²) in [6.07, 6.45) is 0. The van der Waals surface area contributed by atoms with E-state index >= 15 is 0 Å². The highest BCUT2D eigenvalue weighted by Crippen LogP contribution is 2.19. The number of aromatic amines is 1. The molecule has 0 aliphatic heterocycles. The van der Waals surface area contributed by atoms with Crippen molar-refractivity contribution in [2.24, 2.45) is 0 Å². The van der Waals surface area contributed by atoms with Gasteiger partial charge in [-0.3, -0.25) is 0 Å². The quantitative estimate of drug-likeness (QED) is 0.564. The molecule has 0 aliphatic carbocycles. The minimum atomic E-state index is 0.492. The monoisotopic (exact) mass is 152 g/mol. The number of H-pyrrole nitrogens is 1. The molecule has 4 N–H and O–H groups in total. The van der Waals surface area contributed by atoms with E-state index in [4.69, 9.17) is 10.2 Å². The van der Waals surface area contributed by atoms with Crippen molar-refractivity contribution in [1.29, 1.82) is 0 Å². The first-order valence-corrected chi connectivity index (χ1v) is 3.22. The number of oxazole rings is 1. The number of rotatable bonds is 1. The first-order valence-electron chi connectivity index (χ1n) is 3.22. The van der Waals surface area contributed by atoms with Crippen LogP contribution in [-0.4, -0.2) is 17.0 Å². The Kier molecular flexibility index (Phi) is 1.06. The minimum Gasteiger partial charge on any atom is -0.422 e. The Labute approximate surface area is 62.6 Å². The van der Waals surface area contributed by atoms with E-state index in [0.717, 1.165) is 0 Å². The maximum absolute atomic E-state index is 5.45. The average Bonchev–Trinajstić information content (AvgIpc) is 2.43. The van der Waals surface area contributed by atoms with Gasteiger partial charge in [-0.15, -0.1) is 0 Å². The predicted molar refractivity (Wildman–Crippen MR) is 42.3 cm³/mol. The largest absolute Gasteiger partial charge is 0.422 e. The van der Waals surface area contributed by atoms with Crippen LogP contribution in [0.3, 0.4) is 0 Å². The smallest absolute Gasteiger partial charge is 0.296 e. The lowest BCUT2D eigenvalue weighted by atomic mass is 10.6. The Balaban J connectivity index is 2.64. The van der Waals surface area contributed by atoms with Crippen molar-refractivity contribution in [1.82, 2.24) is 9.97 Å². The van der Waals surface area contributed by atoms with Crippen molar-refractivity contribution in [3.05, 3.63) is 6.07 Å². The number of hydrogen-bond acceptors (Lipinski definition) is 4. The number of nitrogens with one attached hydrogen (secondary N) is 2. The molecule has 0 unspecified atom stereocenters. The van der Waals surface area contributed by atoms with Crippen LogP contribution in [0.25, 0.3) is 11.2 Å². The lowest BCUT2D eigenvalue weighted by molar-refractivity contribution is 0.621. The van der Waals surface area contributed by atoms with E-state index in [9.17, 15) is 0 Å². The molecule has 2 rings (SSSR count). The summed E-state index contributed by atoms with van der Waals surface area (Å²) in [5.74, 6) is 0.564. The van der Waals surface area contributed by atoms with Gasteiger partial charge >= 0.3 is 0 Å². The zero-order valence-corrected chi connectivity index (χ0v) is 6.01. The van der Waals surface area contributed by atoms with Gasteiger partial charge in [0.15, 0.2) is 11.2 Å². The van der Waals surface area contributed by atoms with Gasteiger partial charge in [-0.1, -0.05) is 0 Å². The number of nitrogens with two attached hydrogens (primary N) is 1. The number of nitrogens with zero attached hydrogens (tertiary/aromatic N) is 1. The molecule has 0 radical (unpaired) electrons. The molecule has 0 atom stereocenters. The fourth-order valence-electron chi connectivity index (χ4n) is 0.940. The third-order valence-electron chi connectivity index (χ3n) is 1.42. The molecule has 0 saturated carbocycles. The van der Waals surface area contributed by atoms with E-state index in [1.807, 2.05) is 0 Å². The summed E-state index contributed by atoms with van der Waals surface area (Å²) in [5, 5.41) is 2.78. The Morgan fingerprint density at radius 3 is 3.18 bits per heavy atom. The maximum atomic E-state index is 5.45. The second kappa shape index (κ2) is 1.91. The van der Waals surface area contributed by atoms with Crippen LogP contribution < -0.4 is 11.1 Å². The van der Waals surface area contributed by atoms with E-state index in [0.29, 0.717) is 23.1 Å². The lowest BCUT2D eigenvalue weighted by Gasteiger charge is -1.85. The van der Waals surface area contributed by atoms with Gasteiger partial charge in [0, 0.05) is 13.1 Å². The highest BCUT2D eigenvalue weighted by Gasteiger charge is 2.05. The molecule has 2 heterocycles. The number of aromatic nitrogens is 2. The van der Waals surface area contributed by atoms with Crippen molar-refractivity contribution in [2.75, 3.05) is 18.1 Å². The molecule has 0 bridgehead atoms. The second-order valence-corrected chi connectivity index (χ2v) is 2.21. The molecule has 5 nitrogen and oxygen atoms in total. The molecule has 11 heavy (non-hydrogen) atoms. The van der Waals surface area contributed by atoms with Crippen LogP contribution in [0.1, 0.15) is 0 Å². The molecule has 5 heteroatoms. The Bertz CT molecular complexity index is 343. The summed E-state index contributed by atoms with van der Waals surface area (Å²) in [4.78, 5) is 6.88. The van der Waals surface area contributed by atoms with Gasteiger partial charge in [0.2, 0.25) is 0 Å². The average molecular weight is 152 g/mol. The van der Waals surface area contributed by atoms with Crippen molar-refractivity contribution in [3.8, 4) is 0 Å². The van der Waals surface area contributed by atoms with E-state index in [1.54, 1.807) is 13.1 Å². The molecule has 0 amide bonds. The number of nitrogen functional groups attached to an aromatic ring is 1. The summed E-state index contributed by atoms with van der Waals surface area (Å²) in [6, 6.07) is 2.19. The van der Waals surface area contributed by atoms with E-state index in [1.165, 1.54) is 0 Å². The number of hydrogen-bond donors (Lipinski definition) is 3. The van der Waals surface area contributed by atoms with Gasteiger partial charge in [0.05, 0.1) is 0 Å². The van der Waals surface area contributed by atoms with Crippen molar-refractivity contribution in [2.45, 2.75) is 0 Å². The molecule has 0 spiro atoms. The molecule has 2 aromatic heterocycles. The normalized spacial score (nSPS) is 10.6. The summed E-state index contributed by atoms with van der Waals surface area (Å²) in [7, 11) is 1.74. The lowest BCUT2D eigenvalue weighted by Crippen LogP contribution is -1.87. The first-order chi connectivity index (χ1) is 5.29. The fourth-order valence-corrected chi connectivity index (χ4v) is 0.940. The molecular weight excluding hydrogens is 144 g/mol. The van der Waals surface area contributed by atoms with Gasteiger partial charge in [0.25, 0.3) is 6.01 Å². The van der Waals surface area contributed by atoms with Gasteiger partial charge in [0.1, 0.15) is 5.82 Å². The van der Waals surface area contributed by atoms with Gasteiger partial charge < -0.3 is 20.5 Å². The molecule has 0 aromatic carbocycles. The van der Waals surface area contributed by atoms with E-state index in [-0.39, 0.29) is 0 Å². The van der Waals surface area contributed by atoms with Crippen LogP contribution in [-0.2, 0) is 0 Å². The number of fused-ring (bicyclic) bond motifs is 1. The van der Waals surface area contributed by atoms with Crippen LogP contribution in [0.4, 0.5) is 11.8 Å². The zero-order valence-electron chi connectivity index (χ0n) is 6.01. The number of anilines is 2. The summed E-state index contributed by atoms with van der Waals surface area (Å²) in [5.41, 5.74) is 6.80. The Morgan fingerprint density at radius 1 is 1.73 bits per heavy atom. The van der Waals surface area contributed by atoms with Crippen LogP contribution in [0.5, 0.6) is 0 Å². The molecule has 0 aliphatic rings. The molecular formula is C6H8N4O. The zero-order chi connectivity index (χ0) is 7.84. The SMILES string of the molecule is CNc1nc2[nH]c(N)cc2o1. The molecule has 0 fully saturated rings. The molecule has 0 saturated heterocycles. The summed E-state index contributed by atoms with van der Waals surface area (Å²) >= 11 is 0. The van der Waals surface area contributed by atoms with Crippen LogP contribution in [0.15, 0.2) is 10.5 Å². The van der Waals surface area contributed by atoms with Crippen molar-refractivity contribution >= 4 is 23.1 Å². The molecule has 2 aromatic rings. The van der Waals surface area contributed by atoms with Gasteiger partial charge in [-0.25, -0.2) is 0 Å². The highest BCUT2D eigenvalue weighted by atomic mass is 16.4. The predicted octanol–water partition coefficient (Wildman–Crippen LogP) is 0.780. The minimum absolute atomic E-state index is 0.492. The maximum Gasteiger partial charge on any atom is 0.296 e. The van der Waals surface area contributed by atoms with Crippen molar-refractivity contribution in [3.63, 3.8) is 0 Å². The standard InChI is InChI=1S/C6H8N4O/c1-8-6-10-5-3(11-6)2-4(7)9-5/h2,9H,7H2,1H3,(H,8,10). The Morgan fingerprint density at radius 2 is 2.55 bits per heavy atom. The van der Waals surface area contributed by atoms with E-state index < -0.39 is 0 Å². The van der Waals surface area contributed by atoms with Crippen LogP contribution in [0.2, 0.25) is 0 Å². The summed E-state index contributed by atoms with van der Waals surface area (Å²) in [6.45, 7) is 0. The molecule has 58 valence electrons. The first kappa shape index (κ1) is 6.09. The van der Waals surface area contributed by atoms with Crippen LogP contribution in [0, 0.1) is 0 Å².